The minimum absolute atomic E-state index is 0.0164. The van der Waals surface area contributed by atoms with Gasteiger partial charge in [-0.15, -0.1) is 0 Å². The topological polar surface area (TPSA) is 37.6 Å². The first-order valence-corrected chi connectivity index (χ1v) is 13.0. The standard InChI is InChI=1S/C31H29N3OS/c1-4-25-15-11-12-18-28(25)34-22(2)19-26(23(34)3)20-29-30(35)33(21-24-13-7-5-8-14-24)31(36-29)32-27-16-9-6-10-17-27/h5-20H,4,21H2,1-3H3/b29-20-,32-31?. The second kappa shape index (κ2) is 10.4. The van der Waals surface area contributed by atoms with E-state index < -0.39 is 0 Å². The number of benzene rings is 3. The molecule has 1 aromatic heterocycles. The molecule has 0 spiro atoms. The number of carbonyl (C=O) groups excluding carboxylic acids is 1. The zero-order valence-corrected chi connectivity index (χ0v) is 21.6. The Morgan fingerprint density at radius 2 is 1.56 bits per heavy atom. The number of nitrogens with zero attached hydrogens (tertiary/aromatic N) is 3. The van der Waals surface area contributed by atoms with Crippen molar-refractivity contribution >= 4 is 34.6 Å². The van der Waals surface area contributed by atoms with Gasteiger partial charge in [0, 0.05) is 17.1 Å². The Hall–Kier alpha value is -3.83. The number of rotatable bonds is 6. The average molecular weight is 492 g/mol. The van der Waals surface area contributed by atoms with Gasteiger partial charge in [0.05, 0.1) is 17.1 Å². The van der Waals surface area contributed by atoms with Crippen molar-refractivity contribution in [2.45, 2.75) is 33.7 Å². The van der Waals surface area contributed by atoms with Crippen molar-refractivity contribution in [1.29, 1.82) is 0 Å². The Bertz CT molecular complexity index is 1450. The van der Waals surface area contributed by atoms with Crippen LogP contribution in [0.1, 0.15) is 35.0 Å². The number of hydrogen-bond donors (Lipinski definition) is 0. The van der Waals surface area contributed by atoms with Crippen LogP contribution in [-0.2, 0) is 17.8 Å². The van der Waals surface area contributed by atoms with Crippen molar-refractivity contribution in [2.75, 3.05) is 0 Å². The van der Waals surface area contributed by atoms with Gasteiger partial charge in [-0.05, 0) is 79.1 Å². The fourth-order valence-corrected chi connectivity index (χ4v) is 5.57. The van der Waals surface area contributed by atoms with Crippen LogP contribution in [0.25, 0.3) is 11.8 Å². The highest BCUT2D eigenvalue weighted by Crippen LogP contribution is 2.36. The molecule has 180 valence electrons. The van der Waals surface area contributed by atoms with Gasteiger partial charge in [0.25, 0.3) is 5.91 Å². The van der Waals surface area contributed by atoms with Gasteiger partial charge in [-0.2, -0.15) is 0 Å². The molecular weight excluding hydrogens is 462 g/mol. The molecular formula is C31H29N3OS. The van der Waals surface area contributed by atoms with Crippen LogP contribution in [0.4, 0.5) is 5.69 Å². The van der Waals surface area contributed by atoms with Gasteiger partial charge in [-0.3, -0.25) is 9.69 Å². The van der Waals surface area contributed by atoms with Crippen molar-refractivity contribution in [3.05, 3.63) is 124 Å². The number of aryl methyl sites for hydroxylation is 2. The van der Waals surface area contributed by atoms with Gasteiger partial charge in [0.2, 0.25) is 0 Å². The van der Waals surface area contributed by atoms with Crippen molar-refractivity contribution in [1.82, 2.24) is 9.47 Å². The van der Waals surface area contributed by atoms with Crippen LogP contribution in [0.3, 0.4) is 0 Å². The maximum atomic E-state index is 13.6. The first kappa shape index (κ1) is 23.9. The van der Waals surface area contributed by atoms with Crippen molar-refractivity contribution in [3.8, 4) is 5.69 Å². The van der Waals surface area contributed by atoms with E-state index in [0.29, 0.717) is 16.6 Å². The van der Waals surface area contributed by atoms with Crippen molar-refractivity contribution in [2.24, 2.45) is 4.99 Å². The summed E-state index contributed by atoms with van der Waals surface area (Å²) in [5, 5.41) is 0.700. The molecule has 36 heavy (non-hydrogen) atoms. The average Bonchev–Trinajstić information content (AvgIpc) is 3.34. The SMILES string of the molecule is CCc1ccccc1-n1c(C)cc(/C=C2\SC(=Nc3ccccc3)N(Cc3ccccc3)C2=O)c1C. The zero-order chi connectivity index (χ0) is 25.1. The Labute approximate surface area is 217 Å². The molecule has 0 atom stereocenters. The molecule has 1 saturated heterocycles. The second-order valence-corrected chi connectivity index (χ2v) is 9.87. The van der Waals surface area contributed by atoms with Gasteiger partial charge < -0.3 is 4.57 Å². The summed E-state index contributed by atoms with van der Waals surface area (Å²) in [6, 6.07) is 30.5. The normalized spacial score (nSPS) is 15.9. The maximum Gasteiger partial charge on any atom is 0.267 e. The van der Waals surface area contributed by atoms with Crippen molar-refractivity contribution < 1.29 is 4.79 Å². The lowest BCUT2D eigenvalue weighted by atomic mass is 10.1. The first-order chi connectivity index (χ1) is 17.5. The molecule has 0 aliphatic carbocycles. The number of amidine groups is 1. The van der Waals surface area contributed by atoms with Gasteiger partial charge in [-0.1, -0.05) is 73.7 Å². The van der Waals surface area contributed by atoms with Crippen LogP contribution in [-0.4, -0.2) is 20.5 Å². The van der Waals surface area contributed by atoms with E-state index in [2.05, 4.69) is 55.7 Å². The molecule has 1 amide bonds. The van der Waals surface area contributed by atoms with E-state index in [1.54, 1.807) is 4.90 Å². The van der Waals surface area contributed by atoms with Gasteiger partial charge in [0.15, 0.2) is 5.17 Å². The van der Waals surface area contributed by atoms with Gasteiger partial charge >= 0.3 is 0 Å². The molecule has 1 aliphatic rings. The fourth-order valence-electron chi connectivity index (χ4n) is 4.58. The summed E-state index contributed by atoms with van der Waals surface area (Å²) in [7, 11) is 0. The van der Waals surface area contributed by atoms with Crippen LogP contribution >= 0.6 is 11.8 Å². The molecule has 3 aromatic carbocycles. The lowest BCUT2D eigenvalue weighted by Crippen LogP contribution is -2.28. The number of aliphatic imine (C=N–C) groups is 1. The summed E-state index contributed by atoms with van der Waals surface area (Å²) in [6.45, 7) is 6.91. The Balaban J connectivity index is 1.54. The lowest BCUT2D eigenvalue weighted by Gasteiger charge is -2.15. The van der Waals surface area contributed by atoms with Crippen LogP contribution in [0.5, 0.6) is 0 Å². The number of amides is 1. The highest BCUT2D eigenvalue weighted by atomic mass is 32.2. The molecule has 4 nitrogen and oxygen atoms in total. The van der Waals surface area contributed by atoms with Gasteiger partial charge in [0.1, 0.15) is 0 Å². The maximum absolute atomic E-state index is 13.6. The van der Waals surface area contributed by atoms with E-state index in [-0.39, 0.29) is 5.91 Å². The highest BCUT2D eigenvalue weighted by Gasteiger charge is 2.33. The third kappa shape index (κ3) is 4.79. The summed E-state index contributed by atoms with van der Waals surface area (Å²) in [5.41, 5.74) is 7.73. The third-order valence-electron chi connectivity index (χ3n) is 6.42. The van der Waals surface area contributed by atoms with Crippen LogP contribution in [0, 0.1) is 13.8 Å². The van der Waals surface area contributed by atoms with E-state index in [1.165, 1.54) is 23.0 Å². The predicted molar refractivity (Wildman–Crippen MR) is 151 cm³/mol. The van der Waals surface area contributed by atoms with E-state index in [1.807, 2.05) is 66.7 Å². The summed E-state index contributed by atoms with van der Waals surface area (Å²) in [5.74, 6) is -0.0164. The molecule has 5 heteroatoms. The summed E-state index contributed by atoms with van der Waals surface area (Å²) in [4.78, 5) is 20.9. The van der Waals surface area contributed by atoms with E-state index in [9.17, 15) is 4.79 Å². The molecule has 0 saturated carbocycles. The summed E-state index contributed by atoms with van der Waals surface area (Å²) < 4.78 is 2.29. The molecule has 1 aliphatic heterocycles. The first-order valence-electron chi connectivity index (χ1n) is 12.2. The molecule has 1 fully saturated rings. The molecule has 5 rings (SSSR count). The minimum Gasteiger partial charge on any atom is -0.318 e. The monoisotopic (exact) mass is 491 g/mol. The Morgan fingerprint density at radius 1 is 0.889 bits per heavy atom. The number of para-hydroxylation sites is 2. The van der Waals surface area contributed by atoms with E-state index in [4.69, 9.17) is 4.99 Å². The Kier molecular flexibility index (Phi) is 6.92. The zero-order valence-electron chi connectivity index (χ0n) is 20.8. The lowest BCUT2D eigenvalue weighted by molar-refractivity contribution is -0.122. The smallest absolute Gasteiger partial charge is 0.267 e. The fraction of sp³-hybridized carbons (Fsp3) is 0.161. The van der Waals surface area contributed by atoms with Crippen LogP contribution in [0.2, 0.25) is 0 Å². The van der Waals surface area contributed by atoms with Crippen LogP contribution in [0.15, 0.2) is 101 Å². The predicted octanol–water partition coefficient (Wildman–Crippen LogP) is 7.46. The molecule has 2 heterocycles. The minimum atomic E-state index is -0.0164. The molecule has 0 unspecified atom stereocenters. The molecule has 0 bridgehead atoms. The molecule has 4 aromatic rings. The quantitative estimate of drug-likeness (QED) is 0.263. The summed E-state index contributed by atoms with van der Waals surface area (Å²) >= 11 is 1.44. The highest BCUT2D eigenvalue weighted by molar-refractivity contribution is 8.18. The summed E-state index contributed by atoms with van der Waals surface area (Å²) in [6.07, 6.45) is 2.98. The number of thioether (sulfide) groups is 1. The largest absolute Gasteiger partial charge is 0.318 e. The van der Waals surface area contributed by atoms with E-state index in [0.717, 1.165) is 34.6 Å². The second-order valence-electron chi connectivity index (χ2n) is 8.86. The number of aromatic nitrogens is 1. The molecule has 0 N–H and O–H groups in total. The Morgan fingerprint density at radius 3 is 2.28 bits per heavy atom. The number of hydrogen-bond acceptors (Lipinski definition) is 3. The number of carbonyl (C=O) groups is 1. The van der Waals surface area contributed by atoms with E-state index >= 15 is 0 Å². The molecule has 0 radical (unpaired) electrons. The third-order valence-corrected chi connectivity index (χ3v) is 7.43. The van der Waals surface area contributed by atoms with Crippen molar-refractivity contribution in [3.63, 3.8) is 0 Å². The van der Waals surface area contributed by atoms with Gasteiger partial charge in [-0.25, -0.2) is 4.99 Å². The van der Waals surface area contributed by atoms with Crippen LogP contribution < -0.4 is 0 Å².